The van der Waals surface area contributed by atoms with Gasteiger partial charge in [0.15, 0.2) is 5.78 Å². The minimum atomic E-state index is 0.128. The van der Waals surface area contributed by atoms with Crippen molar-refractivity contribution in [2.75, 3.05) is 13.1 Å². The first kappa shape index (κ1) is 13.8. The average Bonchev–Trinajstić information content (AvgIpc) is 2.57. The summed E-state index contributed by atoms with van der Waals surface area (Å²) in [5.74, 6) is 1.90. The SMILES string of the molecule is O=C(c1ccc(Oc2ccccc2)cc1)C1CC[N]CC1. The number of ether oxygens (including phenoxy) is 1. The second-order valence-electron chi connectivity index (χ2n) is 5.25. The van der Waals surface area contributed by atoms with E-state index in [2.05, 4.69) is 5.32 Å². The van der Waals surface area contributed by atoms with E-state index in [1.54, 1.807) is 0 Å². The number of benzene rings is 2. The Balaban J connectivity index is 1.67. The van der Waals surface area contributed by atoms with Gasteiger partial charge in [-0.1, -0.05) is 18.2 Å². The Hall–Kier alpha value is -2.13. The molecule has 0 amide bonds. The molecule has 107 valence electrons. The number of carbonyl (C=O) groups is 1. The second-order valence-corrected chi connectivity index (χ2v) is 5.25. The molecule has 3 nitrogen and oxygen atoms in total. The van der Waals surface area contributed by atoms with E-state index in [4.69, 9.17) is 4.74 Å². The van der Waals surface area contributed by atoms with E-state index in [0.717, 1.165) is 43.0 Å². The average molecular weight is 280 g/mol. The molecule has 2 aromatic rings. The molecule has 1 saturated heterocycles. The summed E-state index contributed by atoms with van der Waals surface area (Å²) < 4.78 is 5.73. The second kappa shape index (κ2) is 6.55. The van der Waals surface area contributed by atoms with Crippen LogP contribution in [-0.4, -0.2) is 18.9 Å². The van der Waals surface area contributed by atoms with Crippen molar-refractivity contribution < 1.29 is 9.53 Å². The highest BCUT2D eigenvalue weighted by Crippen LogP contribution is 2.23. The van der Waals surface area contributed by atoms with Crippen LogP contribution in [-0.2, 0) is 0 Å². The molecular weight excluding hydrogens is 262 g/mol. The molecule has 1 aliphatic rings. The van der Waals surface area contributed by atoms with Gasteiger partial charge in [-0.3, -0.25) is 4.79 Å². The highest BCUT2D eigenvalue weighted by Gasteiger charge is 2.22. The van der Waals surface area contributed by atoms with Gasteiger partial charge >= 0.3 is 0 Å². The van der Waals surface area contributed by atoms with E-state index in [0.29, 0.717) is 0 Å². The molecule has 0 spiro atoms. The van der Waals surface area contributed by atoms with E-state index < -0.39 is 0 Å². The van der Waals surface area contributed by atoms with Crippen molar-refractivity contribution in [1.29, 1.82) is 0 Å². The van der Waals surface area contributed by atoms with Crippen LogP contribution in [0.15, 0.2) is 54.6 Å². The lowest BCUT2D eigenvalue weighted by molar-refractivity contribution is 0.0894. The third-order valence-corrected chi connectivity index (χ3v) is 3.76. The molecule has 2 aromatic carbocycles. The molecule has 1 aliphatic heterocycles. The van der Waals surface area contributed by atoms with E-state index in [1.165, 1.54) is 0 Å². The Kier molecular flexibility index (Phi) is 4.31. The third kappa shape index (κ3) is 3.50. The number of nitrogens with zero attached hydrogens (tertiary/aromatic N) is 1. The molecule has 3 rings (SSSR count). The zero-order valence-electron chi connectivity index (χ0n) is 11.9. The van der Waals surface area contributed by atoms with Crippen molar-refractivity contribution in [2.45, 2.75) is 12.8 Å². The summed E-state index contributed by atoms with van der Waals surface area (Å²) in [5.41, 5.74) is 0.766. The van der Waals surface area contributed by atoms with Crippen molar-refractivity contribution in [2.24, 2.45) is 5.92 Å². The monoisotopic (exact) mass is 280 g/mol. The molecule has 0 bridgehead atoms. The molecule has 3 heteroatoms. The van der Waals surface area contributed by atoms with Crippen molar-refractivity contribution in [1.82, 2.24) is 5.32 Å². The molecule has 0 atom stereocenters. The van der Waals surface area contributed by atoms with E-state index in [9.17, 15) is 4.79 Å². The van der Waals surface area contributed by atoms with Crippen molar-refractivity contribution in [3.63, 3.8) is 0 Å². The predicted octanol–water partition coefficient (Wildman–Crippen LogP) is 3.68. The number of carbonyl (C=O) groups excluding carboxylic acids is 1. The van der Waals surface area contributed by atoms with E-state index in [-0.39, 0.29) is 11.7 Å². The smallest absolute Gasteiger partial charge is 0.166 e. The van der Waals surface area contributed by atoms with Gasteiger partial charge in [-0.15, -0.1) is 0 Å². The fourth-order valence-electron chi connectivity index (χ4n) is 2.56. The van der Waals surface area contributed by atoms with Crippen LogP contribution >= 0.6 is 0 Å². The van der Waals surface area contributed by atoms with Crippen molar-refractivity contribution in [3.8, 4) is 11.5 Å². The van der Waals surface area contributed by atoms with Crippen molar-refractivity contribution in [3.05, 3.63) is 60.2 Å². The van der Waals surface area contributed by atoms with Gasteiger partial charge in [0.05, 0.1) is 0 Å². The van der Waals surface area contributed by atoms with E-state index in [1.807, 2.05) is 54.6 Å². The maximum atomic E-state index is 12.4. The van der Waals surface area contributed by atoms with Crippen LogP contribution in [0.4, 0.5) is 0 Å². The fraction of sp³-hybridized carbons (Fsp3) is 0.278. The summed E-state index contributed by atoms with van der Waals surface area (Å²) in [4.78, 5) is 12.4. The molecular formula is C18H18NO2. The summed E-state index contributed by atoms with van der Waals surface area (Å²) >= 11 is 0. The Labute approximate surface area is 124 Å². The fourth-order valence-corrected chi connectivity index (χ4v) is 2.56. The van der Waals surface area contributed by atoms with Crippen LogP contribution in [0, 0.1) is 5.92 Å². The highest BCUT2D eigenvalue weighted by molar-refractivity contribution is 5.98. The Morgan fingerprint density at radius 3 is 2.19 bits per heavy atom. The van der Waals surface area contributed by atoms with Crippen molar-refractivity contribution >= 4 is 5.78 Å². The minimum Gasteiger partial charge on any atom is -0.457 e. The Bertz CT molecular complexity index is 586. The maximum Gasteiger partial charge on any atom is 0.166 e. The van der Waals surface area contributed by atoms with Crippen LogP contribution in [0.3, 0.4) is 0 Å². The Morgan fingerprint density at radius 2 is 1.52 bits per heavy atom. The summed E-state index contributed by atoms with van der Waals surface area (Å²) in [7, 11) is 0. The number of para-hydroxylation sites is 1. The molecule has 1 radical (unpaired) electrons. The lowest BCUT2D eigenvalue weighted by Gasteiger charge is -2.20. The molecule has 1 fully saturated rings. The summed E-state index contributed by atoms with van der Waals surface area (Å²) in [6.07, 6.45) is 1.75. The van der Waals surface area contributed by atoms with Gasteiger partial charge in [0.25, 0.3) is 0 Å². The minimum absolute atomic E-state index is 0.128. The number of Topliss-reactive ketones (excluding diaryl/α,β-unsaturated/α-hetero) is 1. The zero-order chi connectivity index (χ0) is 14.5. The largest absolute Gasteiger partial charge is 0.457 e. The van der Waals surface area contributed by atoms with Crippen LogP contribution in [0.1, 0.15) is 23.2 Å². The highest BCUT2D eigenvalue weighted by atomic mass is 16.5. The number of hydrogen-bond acceptors (Lipinski definition) is 2. The normalized spacial score (nSPS) is 15.6. The first-order valence-corrected chi connectivity index (χ1v) is 7.33. The molecule has 0 unspecified atom stereocenters. The van der Waals surface area contributed by atoms with Gasteiger partial charge in [-0.25, -0.2) is 5.32 Å². The van der Waals surface area contributed by atoms with E-state index >= 15 is 0 Å². The van der Waals surface area contributed by atoms with Gasteiger partial charge in [0.2, 0.25) is 0 Å². The molecule has 0 aromatic heterocycles. The predicted molar refractivity (Wildman–Crippen MR) is 81.9 cm³/mol. The summed E-state index contributed by atoms with van der Waals surface area (Å²) in [5, 5.41) is 4.29. The standard InChI is InChI=1S/C18H18NO2/c20-18(15-10-12-19-13-11-15)14-6-8-17(9-7-14)21-16-4-2-1-3-5-16/h1-9,15H,10-13H2. The quantitative estimate of drug-likeness (QED) is 0.802. The molecule has 0 saturated carbocycles. The number of hydrogen-bond donors (Lipinski definition) is 0. The number of piperidine rings is 1. The lowest BCUT2D eigenvalue weighted by atomic mass is 9.90. The summed E-state index contributed by atoms with van der Waals surface area (Å²) in [6.45, 7) is 1.62. The molecule has 21 heavy (non-hydrogen) atoms. The van der Waals surface area contributed by atoms with Crippen LogP contribution in [0.25, 0.3) is 0 Å². The van der Waals surface area contributed by atoms with Gasteiger partial charge in [-0.2, -0.15) is 0 Å². The zero-order valence-corrected chi connectivity index (χ0v) is 11.9. The Morgan fingerprint density at radius 1 is 0.905 bits per heavy atom. The van der Waals surface area contributed by atoms with Crippen LogP contribution in [0.5, 0.6) is 11.5 Å². The topological polar surface area (TPSA) is 40.4 Å². The lowest BCUT2D eigenvalue weighted by Crippen LogP contribution is -2.27. The van der Waals surface area contributed by atoms with Gasteiger partial charge in [-0.05, 0) is 49.2 Å². The molecule has 0 N–H and O–H groups in total. The first-order chi connectivity index (χ1) is 10.3. The molecule has 1 heterocycles. The van der Waals surface area contributed by atoms with Gasteiger partial charge < -0.3 is 4.74 Å². The number of rotatable bonds is 4. The summed E-state index contributed by atoms with van der Waals surface area (Å²) in [6, 6.07) is 17.0. The third-order valence-electron chi connectivity index (χ3n) is 3.76. The first-order valence-electron chi connectivity index (χ1n) is 7.33. The van der Waals surface area contributed by atoms with Gasteiger partial charge in [0, 0.05) is 24.6 Å². The van der Waals surface area contributed by atoms with Crippen LogP contribution < -0.4 is 10.1 Å². The maximum absolute atomic E-state index is 12.4. The number of ketones is 1. The molecule has 0 aliphatic carbocycles. The van der Waals surface area contributed by atoms with Crippen LogP contribution in [0.2, 0.25) is 0 Å². The van der Waals surface area contributed by atoms with Gasteiger partial charge in [0.1, 0.15) is 11.5 Å².